The highest BCUT2D eigenvalue weighted by molar-refractivity contribution is 6.09. The molecular weight excluding hydrogens is 236 g/mol. The van der Waals surface area contributed by atoms with Crippen LogP contribution in [-0.2, 0) is 0 Å². The van der Waals surface area contributed by atoms with E-state index in [-0.39, 0.29) is 5.78 Å². The third-order valence-corrected chi connectivity index (χ3v) is 3.29. The normalized spacial score (nSPS) is 14.2. The molecule has 0 bridgehead atoms. The summed E-state index contributed by atoms with van der Waals surface area (Å²) >= 11 is 0. The lowest BCUT2D eigenvalue weighted by Crippen LogP contribution is -2.07. The third kappa shape index (κ3) is 2.65. The van der Waals surface area contributed by atoms with Crippen molar-refractivity contribution in [3.8, 4) is 0 Å². The molecule has 0 saturated heterocycles. The van der Waals surface area contributed by atoms with Gasteiger partial charge in [-0.05, 0) is 31.4 Å². The van der Waals surface area contributed by atoms with Gasteiger partial charge in [0.25, 0.3) is 0 Å². The van der Waals surface area contributed by atoms with Gasteiger partial charge in [-0.3, -0.25) is 4.79 Å². The molecule has 3 heteroatoms. The molecule has 1 fully saturated rings. The molecule has 0 radical (unpaired) electrons. The molecule has 0 unspecified atom stereocenters. The van der Waals surface area contributed by atoms with Gasteiger partial charge in [0, 0.05) is 23.4 Å². The summed E-state index contributed by atoms with van der Waals surface area (Å²) in [6.45, 7) is 1.99. The van der Waals surface area contributed by atoms with Crippen molar-refractivity contribution in [3.63, 3.8) is 0 Å². The Hall–Kier alpha value is -2.16. The van der Waals surface area contributed by atoms with Crippen LogP contribution in [0.2, 0.25) is 0 Å². The molecule has 3 nitrogen and oxygen atoms in total. The number of hydrogen-bond acceptors (Lipinski definition) is 3. The first kappa shape index (κ1) is 11.9. The van der Waals surface area contributed by atoms with Crippen molar-refractivity contribution in [2.24, 2.45) is 0 Å². The Morgan fingerprint density at radius 1 is 1.21 bits per heavy atom. The highest BCUT2D eigenvalue weighted by atomic mass is 16.1. The Morgan fingerprint density at radius 3 is 2.58 bits per heavy atom. The van der Waals surface area contributed by atoms with E-state index in [1.54, 1.807) is 6.20 Å². The smallest absolute Gasteiger partial charge is 0.194 e. The highest BCUT2D eigenvalue weighted by Gasteiger charge is 2.22. The molecule has 2 aromatic rings. The van der Waals surface area contributed by atoms with Gasteiger partial charge in [0.1, 0.15) is 5.82 Å². The largest absolute Gasteiger partial charge is 0.367 e. The summed E-state index contributed by atoms with van der Waals surface area (Å²) in [6, 6.07) is 11.8. The van der Waals surface area contributed by atoms with Crippen LogP contribution in [-0.4, -0.2) is 16.8 Å². The van der Waals surface area contributed by atoms with E-state index in [1.165, 1.54) is 12.8 Å². The molecular formula is C16H16N2O. The van der Waals surface area contributed by atoms with Crippen LogP contribution in [0.1, 0.15) is 34.3 Å². The lowest BCUT2D eigenvalue weighted by Gasteiger charge is -2.08. The number of carbonyl (C=O) groups is 1. The zero-order valence-electron chi connectivity index (χ0n) is 10.9. The number of pyridine rings is 1. The monoisotopic (exact) mass is 252 g/mol. The first-order valence-electron chi connectivity index (χ1n) is 6.57. The van der Waals surface area contributed by atoms with E-state index in [0.29, 0.717) is 17.2 Å². The minimum Gasteiger partial charge on any atom is -0.367 e. The summed E-state index contributed by atoms with van der Waals surface area (Å²) in [7, 11) is 0. The van der Waals surface area contributed by atoms with Crippen LogP contribution in [0, 0.1) is 6.92 Å². The average molecular weight is 252 g/mol. The van der Waals surface area contributed by atoms with E-state index < -0.39 is 0 Å². The Bertz CT molecular complexity index is 603. The molecule has 0 atom stereocenters. The SMILES string of the molecule is Cc1cc(C(=O)c2ccccc2)cnc1NC1CC1. The standard InChI is InChI=1S/C16H16N2O/c1-11-9-13(10-17-16(11)18-14-7-8-14)15(19)12-5-3-2-4-6-12/h2-6,9-10,14H,7-8H2,1H3,(H,17,18). The van der Waals surface area contributed by atoms with E-state index in [4.69, 9.17) is 0 Å². The van der Waals surface area contributed by atoms with Crippen molar-refractivity contribution >= 4 is 11.6 Å². The molecule has 0 spiro atoms. The minimum absolute atomic E-state index is 0.0224. The number of carbonyl (C=O) groups excluding carboxylic acids is 1. The summed E-state index contributed by atoms with van der Waals surface area (Å²) in [4.78, 5) is 16.7. The Morgan fingerprint density at radius 2 is 1.95 bits per heavy atom. The van der Waals surface area contributed by atoms with E-state index in [0.717, 1.165) is 11.4 Å². The molecule has 3 rings (SSSR count). The van der Waals surface area contributed by atoms with Crippen molar-refractivity contribution < 1.29 is 4.79 Å². The molecule has 0 aliphatic heterocycles. The highest BCUT2D eigenvalue weighted by Crippen LogP contribution is 2.25. The Labute approximate surface area is 112 Å². The number of ketones is 1. The van der Waals surface area contributed by atoms with Crippen LogP contribution in [0.5, 0.6) is 0 Å². The summed E-state index contributed by atoms with van der Waals surface area (Å²) in [5.74, 6) is 0.918. The van der Waals surface area contributed by atoms with Crippen LogP contribution >= 0.6 is 0 Å². The van der Waals surface area contributed by atoms with Crippen molar-refractivity contribution in [1.82, 2.24) is 4.98 Å². The second kappa shape index (κ2) is 4.84. The minimum atomic E-state index is 0.0224. The zero-order chi connectivity index (χ0) is 13.2. The fourth-order valence-electron chi connectivity index (χ4n) is 2.03. The number of aromatic nitrogens is 1. The molecule has 96 valence electrons. The van der Waals surface area contributed by atoms with Crippen molar-refractivity contribution in [3.05, 3.63) is 59.3 Å². The van der Waals surface area contributed by atoms with Gasteiger partial charge >= 0.3 is 0 Å². The molecule has 1 aliphatic rings. The predicted molar refractivity (Wildman–Crippen MR) is 75.5 cm³/mol. The van der Waals surface area contributed by atoms with Crippen LogP contribution in [0.25, 0.3) is 0 Å². The predicted octanol–water partition coefficient (Wildman–Crippen LogP) is 3.20. The first-order chi connectivity index (χ1) is 9.24. The molecule has 1 heterocycles. The molecule has 0 amide bonds. The molecule has 19 heavy (non-hydrogen) atoms. The van der Waals surface area contributed by atoms with Gasteiger partial charge in [0.15, 0.2) is 5.78 Å². The van der Waals surface area contributed by atoms with Gasteiger partial charge in [-0.25, -0.2) is 4.98 Å². The van der Waals surface area contributed by atoms with Crippen LogP contribution in [0.15, 0.2) is 42.6 Å². The average Bonchev–Trinajstić information content (AvgIpc) is 3.25. The number of hydrogen-bond donors (Lipinski definition) is 1. The van der Waals surface area contributed by atoms with Gasteiger partial charge in [-0.2, -0.15) is 0 Å². The van der Waals surface area contributed by atoms with Crippen LogP contribution in [0.4, 0.5) is 5.82 Å². The summed E-state index contributed by atoms with van der Waals surface area (Å²) < 4.78 is 0. The molecule has 1 saturated carbocycles. The van der Waals surface area contributed by atoms with E-state index in [9.17, 15) is 4.79 Å². The van der Waals surface area contributed by atoms with Crippen LogP contribution in [0.3, 0.4) is 0 Å². The maximum absolute atomic E-state index is 12.3. The second-order valence-corrected chi connectivity index (χ2v) is 5.00. The van der Waals surface area contributed by atoms with E-state index in [2.05, 4.69) is 10.3 Å². The number of nitrogens with one attached hydrogen (secondary N) is 1. The Kier molecular flexibility index (Phi) is 3.03. The summed E-state index contributed by atoms with van der Waals surface area (Å²) in [5.41, 5.74) is 2.37. The quantitative estimate of drug-likeness (QED) is 0.850. The summed E-state index contributed by atoms with van der Waals surface area (Å²) in [6.07, 6.45) is 4.09. The maximum Gasteiger partial charge on any atom is 0.194 e. The molecule has 1 aliphatic carbocycles. The topological polar surface area (TPSA) is 42.0 Å². The summed E-state index contributed by atoms with van der Waals surface area (Å²) in [5, 5.41) is 3.37. The molecule has 1 N–H and O–H groups in total. The van der Waals surface area contributed by atoms with Crippen molar-refractivity contribution in [1.29, 1.82) is 0 Å². The number of anilines is 1. The molecule has 1 aromatic carbocycles. The van der Waals surface area contributed by atoms with E-state index in [1.807, 2.05) is 43.3 Å². The van der Waals surface area contributed by atoms with Gasteiger partial charge in [-0.1, -0.05) is 30.3 Å². The van der Waals surface area contributed by atoms with Gasteiger partial charge in [-0.15, -0.1) is 0 Å². The van der Waals surface area contributed by atoms with Gasteiger partial charge in [0.2, 0.25) is 0 Å². The van der Waals surface area contributed by atoms with Crippen molar-refractivity contribution in [2.45, 2.75) is 25.8 Å². The zero-order valence-corrected chi connectivity index (χ0v) is 10.9. The fourth-order valence-corrected chi connectivity index (χ4v) is 2.03. The Balaban J connectivity index is 1.85. The fraction of sp³-hybridized carbons (Fsp3) is 0.250. The number of benzene rings is 1. The maximum atomic E-state index is 12.3. The number of rotatable bonds is 4. The van der Waals surface area contributed by atoms with Crippen molar-refractivity contribution in [2.75, 3.05) is 5.32 Å². The second-order valence-electron chi connectivity index (χ2n) is 5.00. The van der Waals surface area contributed by atoms with Crippen LogP contribution < -0.4 is 5.32 Å². The lowest BCUT2D eigenvalue weighted by molar-refractivity contribution is 0.103. The third-order valence-electron chi connectivity index (χ3n) is 3.29. The number of aryl methyl sites for hydroxylation is 1. The van der Waals surface area contributed by atoms with E-state index >= 15 is 0 Å². The molecule has 1 aromatic heterocycles. The lowest BCUT2D eigenvalue weighted by atomic mass is 10.0. The van der Waals surface area contributed by atoms with Gasteiger partial charge < -0.3 is 5.32 Å². The first-order valence-corrected chi connectivity index (χ1v) is 6.57. The number of nitrogens with zero attached hydrogens (tertiary/aromatic N) is 1. The van der Waals surface area contributed by atoms with Gasteiger partial charge in [0.05, 0.1) is 0 Å².